The Morgan fingerprint density at radius 3 is 2.29 bits per heavy atom. The molecule has 0 aliphatic carbocycles. The second-order valence-electron chi connectivity index (χ2n) is 7.14. The molecule has 0 saturated carbocycles. The van der Waals surface area contributed by atoms with Gasteiger partial charge in [0.2, 0.25) is 5.91 Å². The number of nitrogens with zero attached hydrogens (tertiary/aromatic N) is 1. The lowest BCUT2D eigenvalue weighted by Crippen LogP contribution is -2.44. The zero-order valence-corrected chi connectivity index (χ0v) is 16.2. The fraction of sp³-hybridized carbons (Fsp3) is 0.391. The maximum absolute atomic E-state index is 12.4. The van der Waals surface area contributed by atoms with Gasteiger partial charge in [0.15, 0.2) is 6.61 Å². The summed E-state index contributed by atoms with van der Waals surface area (Å²) in [5.41, 5.74) is 1.29. The van der Waals surface area contributed by atoms with Gasteiger partial charge in [-0.1, -0.05) is 48.5 Å². The van der Waals surface area contributed by atoms with E-state index in [0.29, 0.717) is 38.2 Å². The molecule has 0 aromatic heterocycles. The lowest BCUT2D eigenvalue weighted by Gasteiger charge is -2.31. The summed E-state index contributed by atoms with van der Waals surface area (Å²) in [5, 5.41) is 3.05. The molecular formula is C23H28N2O3. The molecule has 1 aliphatic rings. The number of benzene rings is 2. The van der Waals surface area contributed by atoms with Gasteiger partial charge >= 0.3 is 0 Å². The monoisotopic (exact) mass is 380 g/mol. The Kier molecular flexibility index (Phi) is 7.47. The van der Waals surface area contributed by atoms with E-state index in [1.54, 1.807) is 4.90 Å². The van der Waals surface area contributed by atoms with Crippen molar-refractivity contribution < 1.29 is 14.3 Å². The van der Waals surface area contributed by atoms with E-state index in [2.05, 4.69) is 17.4 Å². The van der Waals surface area contributed by atoms with Crippen molar-refractivity contribution in [1.82, 2.24) is 10.2 Å². The Labute approximate surface area is 166 Å². The van der Waals surface area contributed by atoms with Crippen molar-refractivity contribution in [1.29, 1.82) is 0 Å². The number of likely N-dealkylation sites (tertiary alicyclic amines) is 1. The highest BCUT2D eigenvalue weighted by atomic mass is 16.5. The summed E-state index contributed by atoms with van der Waals surface area (Å²) in [6, 6.07) is 19.6. The first kappa shape index (κ1) is 19.9. The summed E-state index contributed by atoms with van der Waals surface area (Å²) in [5.74, 6) is 0.780. The summed E-state index contributed by atoms with van der Waals surface area (Å²) in [4.78, 5) is 26.4. The Bertz CT molecular complexity index is 741. The van der Waals surface area contributed by atoms with Crippen LogP contribution in [0.4, 0.5) is 0 Å². The third-order valence-corrected chi connectivity index (χ3v) is 5.11. The van der Waals surface area contributed by atoms with E-state index >= 15 is 0 Å². The predicted molar refractivity (Wildman–Crippen MR) is 109 cm³/mol. The number of aryl methyl sites for hydroxylation is 1. The highest BCUT2D eigenvalue weighted by Crippen LogP contribution is 2.18. The normalized spacial score (nSPS) is 14.5. The van der Waals surface area contributed by atoms with Crippen molar-refractivity contribution in [2.75, 3.05) is 26.2 Å². The standard InChI is InChI=1S/C23H28N2O3/c26-22(18-28-21-11-5-2-6-12-21)25-16-13-20(14-17-25)23(27)24-15-7-10-19-8-3-1-4-9-19/h1-6,8-9,11-12,20H,7,10,13-18H2,(H,24,27). The van der Waals surface area contributed by atoms with E-state index in [0.717, 1.165) is 12.8 Å². The molecule has 148 valence electrons. The van der Waals surface area contributed by atoms with Gasteiger partial charge in [0.05, 0.1) is 0 Å². The molecule has 1 fully saturated rings. The van der Waals surface area contributed by atoms with Crippen LogP contribution in [0.15, 0.2) is 60.7 Å². The van der Waals surface area contributed by atoms with Gasteiger partial charge < -0.3 is 15.0 Å². The van der Waals surface area contributed by atoms with Crippen molar-refractivity contribution in [2.24, 2.45) is 5.92 Å². The first-order valence-electron chi connectivity index (χ1n) is 9.99. The van der Waals surface area contributed by atoms with Crippen LogP contribution >= 0.6 is 0 Å². The van der Waals surface area contributed by atoms with E-state index < -0.39 is 0 Å². The number of amides is 2. The van der Waals surface area contributed by atoms with Gasteiger partial charge in [0.25, 0.3) is 5.91 Å². The molecule has 3 rings (SSSR count). The second kappa shape index (κ2) is 10.5. The number of carbonyl (C=O) groups excluding carboxylic acids is 2. The summed E-state index contributed by atoms with van der Waals surface area (Å²) >= 11 is 0. The van der Waals surface area contributed by atoms with Crippen LogP contribution < -0.4 is 10.1 Å². The van der Waals surface area contributed by atoms with Crippen LogP contribution in [0.1, 0.15) is 24.8 Å². The average Bonchev–Trinajstić information content (AvgIpc) is 2.76. The first-order valence-corrected chi connectivity index (χ1v) is 9.99. The number of ether oxygens (including phenoxy) is 1. The topological polar surface area (TPSA) is 58.6 Å². The van der Waals surface area contributed by atoms with E-state index in [-0.39, 0.29) is 24.3 Å². The molecule has 5 nitrogen and oxygen atoms in total. The summed E-state index contributed by atoms with van der Waals surface area (Å²) < 4.78 is 5.53. The number of piperidine rings is 1. The Hall–Kier alpha value is -2.82. The quantitative estimate of drug-likeness (QED) is 0.716. The lowest BCUT2D eigenvalue weighted by molar-refractivity contribution is -0.137. The van der Waals surface area contributed by atoms with Crippen LogP contribution in [0.5, 0.6) is 5.75 Å². The number of rotatable bonds is 8. The van der Waals surface area contributed by atoms with Gasteiger partial charge in [0.1, 0.15) is 5.75 Å². The molecule has 1 saturated heterocycles. The molecule has 2 aromatic rings. The number of carbonyl (C=O) groups is 2. The molecule has 2 aromatic carbocycles. The van der Waals surface area contributed by atoms with Crippen LogP contribution in [0.2, 0.25) is 0 Å². The molecule has 1 N–H and O–H groups in total. The number of hydrogen-bond donors (Lipinski definition) is 1. The van der Waals surface area contributed by atoms with Gasteiger partial charge in [-0.3, -0.25) is 9.59 Å². The van der Waals surface area contributed by atoms with Crippen LogP contribution in [-0.4, -0.2) is 43.0 Å². The summed E-state index contributed by atoms with van der Waals surface area (Å²) in [7, 11) is 0. The lowest BCUT2D eigenvalue weighted by atomic mass is 9.96. The van der Waals surface area contributed by atoms with Gasteiger partial charge in [-0.2, -0.15) is 0 Å². The Morgan fingerprint density at radius 1 is 0.964 bits per heavy atom. The van der Waals surface area contributed by atoms with Gasteiger partial charge in [0, 0.05) is 25.6 Å². The maximum atomic E-state index is 12.4. The average molecular weight is 380 g/mol. The SMILES string of the molecule is O=C(NCCCc1ccccc1)C1CCN(C(=O)COc2ccccc2)CC1. The van der Waals surface area contributed by atoms with Crippen molar-refractivity contribution in [3.8, 4) is 5.75 Å². The number of hydrogen-bond acceptors (Lipinski definition) is 3. The molecule has 1 heterocycles. The van der Waals surface area contributed by atoms with Crippen LogP contribution in [0.3, 0.4) is 0 Å². The fourth-order valence-corrected chi connectivity index (χ4v) is 3.44. The highest BCUT2D eigenvalue weighted by molar-refractivity contribution is 5.80. The zero-order valence-electron chi connectivity index (χ0n) is 16.2. The van der Waals surface area contributed by atoms with Crippen LogP contribution in [-0.2, 0) is 16.0 Å². The zero-order chi connectivity index (χ0) is 19.6. The largest absolute Gasteiger partial charge is 0.484 e. The highest BCUT2D eigenvalue weighted by Gasteiger charge is 2.27. The summed E-state index contributed by atoms with van der Waals surface area (Å²) in [6.45, 7) is 1.95. The minimum absolute atomic E-state index is 0.00387. The van der Waals surface area contributed by atoms with Crippen LogP contribution in [0.25, 0.3) is 0 Å². The molecule has 0 bridgehead atoms. The molecule has 1 aliphatic heterocycles. The first-order chi connectivity index (χ1) is 13.7. The van der Waals surface area contributed by atoms with Gasteiger partial charge in [-0.05, 0) is 43.4 Å². The molecular weight excluding hydrogens is 352 g/mol. The van der Waals surface area contributed by atoms with Gasteiger partial charge in [-0.15, -0.1) is 0 Å². The van der Waals surface area contributed by atoms with Crippen LogP contribution in [0, 0.1) is 5.92 Å². The summed E-state index contributed by atoms with van der Waals surface area (Å²) in [6.07, 6.45) is 3.32. The molecule has 2 amide bonds. The third-order valence-electron chi connectivity index (χ3n) is 5.11. The third kappa shape index (κ3) is 6.12. The number of para-hydroxylation sites is 1. The smallest absolute Gasteiger partial charge is 0.260 e. The second-order valence-corrected chi connectivity index (χ2v) is 7.14. The predicted octanol–water partition coefficient (Wildman–Crippen LogP) is 3.05. The maximum Gasteiger partial charge on any atom is 0.260 e. The van der Waals surface area contributed by atoms with Crippen molar-refractivity contribution in [2.45, 2.75) is 25.7 Å². The number of nitrogens with one attached hydrogen (secondary N) is 1. The fourth-order valence-electron chi connectivity index (χ4n) is 3.44. The minimum atomic E-state index is -0.0226. The van der Waals surface area contributed by atoms with E-state index in [1.807, 2.05) is 48.5 Å². The van der Waals surface area contributed by atoms with E-state index in [1.165, 1.54) is 5.56 Å². The van der Waals surface area contributed by atoms with Crippen molar-refractivity contribution in [3.05, 3.63) is 66.2 Å². The van der Waals surface area contributed by atoms with E-state index in [4.69, 9.17) is 4.74 Å². The van der Waals surface area contributed by atoms with Gasteiger partial charge in [-0.25, -0.2) is 0 Å². The molecule has 0 spiro atoms. The van der Waals surface area contributed by atoms with Crippen molar-refractivity contribution in [3.63, 3.8) is 0 Å². The molecule has 0 atom stereocenters. The Morgan fingerprint density at radius 2 is 1.61 bits per heavy atom. The Balaban J connectivity index is 1.31. The molecule has 0 unspecified atom stereocenters. The minimum Gasteiger partial charge on any atom is -0.484 e. The molecule has 5 heteroatoms. The van der Waals surface area contributed by atoms with Crippen molar-refractivity contribution >= 4 is 11.8 Å². The molecule has 0 radical (unpaired) electrons. The van der Waals surface area contributed by atoms with E-state index in [9.17, 15) is 9.59 Å². The molecule has 28 heavy (non-hydrogen) atoms.